The number of nitrogens with zero attached hydrogens (tertiary/aromatic N) is 4. The van der Waals surface area contributed by atoms with Gasteiger partial charge >= 0.3 is 0 Å². The summed E-state index contributed by atoms with van der Waals surface area (Å²) in [6.07, 6.45) is 1.53. The average molecular weight is 478 g/mol. The van der Waals surface area contributed by atoms with Crippen LogP contribution >= 0.6 is 11.3 Å². The Bertz CT molecular complexity index is 1270. The molecule has 0 saturated heterocycles. The second-order valence-corrected chi connectivity index (χ2v) is 8.75. The summed E-state index contributed by atoms with van der Waals surface area (Å²) in [6.45, 7) is 6.28. The lowest BCUT2D eigenvalue weighted by Gasteiger charge is -2.24. The van der Waals surface area contributed by atoms with E-state index in [0.29, 0.717) is 24.8 Å². The van der Waals surface area contributed by atoms with Crippen LogP contribution in [-0.4, -0.2) is 45.5 Å². The van der Waals surface area contributed by atoms with Crippen molar-refractivity contribution in [3.05, 3.63) is 64.9 Å². The van der Waals surface area contributed by atoms with Gasteiger partial charge in [0.05, 0.1) is 28.1 Å². The normalized spacial score (nSPS) is 11.8. The van der Waals surface area contributed by atoms with Crippen LogP contribution < -0.4 is 14.8 Å². The molecule has 0 aliphatic heterocycles. The van der Waals surface area contributed by atoms with E-state index in [1.165, 1.54) is 6.33 Å². The SMILES string of the molecule is CC(=O)N(C)[C@H](C)COc1cccc2ncnc(Nc3ccc(OCc4cscn4)c(C)c3)c12. The molecular weight excluding hydrogens is 450 g/mol. The maximum absolute atomic E-state index is 11.6. The van der Waals surface area contributed by atoms with E-state index >= 15 is 0 Å². The molecule has 0 aliphatic rings. The molecular formula is C25H27N5O3S. The molecule has 1 N–H and O–H groups in total. The van der Waals surface area contributed by atoms with Gasteiger partial charge in [-0.1, -0.05) is 6.07 Å². The predicted molar refractivity (Wildman–Crippen MR) is 134 cm³/mol. The van der Waals surface area contributed by atoms with Gasteiger partial charge in [0.15, 0.2) is 0 Å². The molecule has 2 aromatic heterocycles. The molecule has 2 heterocycles. The standard InChI is InChI=1S/C25H27N5O3S/c1-16-10-19(8-9-22(16)33-12-20-13-34-15-28-20)29-25-24-21(26-14-27-25)6-5-7-23(24)32-11-17(2)30(4)18(3)31/h5-10,13-15,17H,11-12H2,1-4H3,(H,26,27,29)/t17-/m1/s1. The molecule has 9 heteroatoms. The van der Waals surface area contributed by atoms with Crippen LogP contribution in [0.5, 0.6) is 11.5 Å². The Morgan fingerprint density at radius 1 is 1.15 bits per heavy atom. The highest BCUT2D eigenvalue weighted by Gasteiger charge is 2.15. The second kappa shape index (κ2) is 10.5. The maximum atomic E-state index is 11.6. The Labute approximate surface area is 202 Å². The van der Waals surface area contributed by atoms with E-state index < -0.39 is 0 Å². The van der Waals surface area contributed by atoms with Crippen LogP contribution in [0.15, 0.2) is 53.6 Å². The summed E-state index contributed by atoms with van der Waals surface area (Å²) in [4.78, 5) is 26.4. The molecule has 0 bridgehead atoms. The molecule has 0 spiro atoms. The molecule has 4 aromatic rings. The Balaban J connectivity index is 1.53. The first-order chi connectivity index (χ1) is 16.4. The number of carbonyl (C=O) groups excluding carboxylic acids is 1. The molecule has 0 fully saturated rings. The number of hydrogen-bond donors (Lipinski definition) is 1. The molecule has 0 saturated carbocycles. The van der Waals surface area contributed by atoms with Crippen LogP contribution in [0, 0.1) is 6.92 Å². The van der Waals surface area contributed by atoms with Crippen LogP contribution in [0.1, 0.15) is 25.1 Å². The van der Waals surface area contributed by atoms with Crippen molar-refractivity contribution in [1.29, 1.82) is 0 Å². The third kappa shape index (κ3) is 5.43. The van der Waals surface area contributed by atoms with Crippen molar-refractivity contribution in [2.24, 2.45) is 0 Å². The van der Waals surface area contributed by atoms with Gasteiger partial charge in [0.25, 0.3) is 0 Å². The van der Waals surface area contributed by atoms with E-state index in [9.17, 15) is 4.79 Å². The quantitative estimate of drug-likeness (QED) is 0.364. The summed E-state index contributed by atoms with van der Waals surface area (Å²) in [6, 6.07) is 11.5. The third-order valence-electron chi connectivity index (χ3n) is 5.56. The van der Waals surface area contributed by atoms with Crippen LogP contribution in [0.4, 0.5) is 11.5 Å². The zero-order chi connectivity index (χ0) is 24.1. The largest absolute Gasteiger partial charge is 0.491 e. The van der Waals surface area contributed by atoms with E-state index in [1.807, 2.05) is 55.6 Å². The summed E-state index contributed by atoms with van der Waals surface area (Å²) in [7, 11) is 1.77. The number of fused-ring (bicyclic) bond motifs is 1. The molecule has 1 atom stereocenters. The summed E-state index contributed by atoms with van der Waals surface area (Å²) < 4.78 is 12.0. The number of ether oxygens (including phenoxy) is 2. The van der Waals surface area contributed by atoms with Gasteiger partial charge in [-0.3, -0.25) is 4.79 Å². The summed E-state index contributed by atoms with van der Waals surface area (Å²) in [5.41, 5.74) is 5.34. The Kier molecular flexibility index (Phi) is 7.22. The van der Waals surface area contributed by atoms with Crippen molar-refractivity contribution < 1.29 is 14.3 Å². The molecule has 0 radical (unpaired) electrons. The number of likely N-dealkylation sites (N-methyl/N-ethyl adjacent to an activating group) is 1. The van der Waals surface area contributed by atoms with Crippen molar-refractivity contribution >= 4 is 39.7 Å². The monoisotopic (exact) mass is 477 g/mol. The number of benzene rings is 2. The molecule has 1 amide bonds. The van der Waals surface area contributed by atoms with Gasteiger partial charge in [-0.15, -0.1) is 11.3 Å². The van der Waals surface area contributed by atoms with Crippen molar-refractivity contribution in [3.8, 4) is 11.5 Å². The Morgan fingerprint density at radius 3 is 2.74 bits per heavy atom. The van der Waals surface area contributed by atoms with Gasteiger partial charge in [0.1, 0.15) is 36.9 Å². The van der Waals surface area contributed by atoms with Crippen molar-refractivity contribution in [2.45, 2.75) is 33.4 Å². The van der Waals surface area contributed by atoms with Gasteiger partial charge in [-0.25, -0.2) is 15.0 Å². The van der Waals surface area contributed by atoms with Gasteiger partial charge in [-0.2, -0.15) is 0 Å². The van der Waals surface area contributed by atoms with Gasteiger partial charge in [0, 0.05) is 25.0 Å². The minimum atomic E-state index is -0.0757. The minimum Gasteiger partial charge on any atom is -0.491 e. The zero-order valence-electron chi connectivity index (χ0n) is 19.6. The molecule has 0 aliphatic carbocycles. The average Bonchev–Trinajstić information content (AvgIpc) is 3.35. The lowest BCUT2D eigenvalue weighted by Crippen LogP contribution is -2.37. The highest BCUT2D eigenvalue weighted by atomic mass is 32.1. The number of hydrogen-bond acceptors (Lipinski definition) is 8. The first-order valence-corrected chi connectivity index (χ1v) is 11.8. The highest BCUT2D eigenvalue weighted by Crippen LogP contribution is 2.32. The smallest absolute Gasteiger partial charge is 0.219 e. The molecule has 2 aromatic carbocycles. The lowest BCUT2D eigenvalue weighted by molar-refractivity contribution is -0.129. The van der Waals surface area contributed by atoms with Crippen molar-refractivity contribution in [3.63, 3.8) is 0 Å². The summed E-state index contributed by atoms with van der Waals surface area (Å²) in [5.74, 6) is 2.10. The second-order valence-electron chi connectivity index (χ2n) is 8.04. The van der Waals surface area contributed by atoms with Gasteiger partial charge in [0.2, 0.25) is 5.91 Å². The lowest BCUT2D eigenvalue weighted by atomic mass is 10.1. The van der Waals surface area contributed by atoms with Crippen LogP contribution in [0.25, 0.3) is 10.9 Å². The fourth-order valence-corrected chi connectivity index (χ4v) is 3.96. The fraction of sp³-hybridized carbons (Fsp3) is 0.280. The Morgan fingerprint density at radius 2 is 2.00 bits per heavy atom. The zero-order valence-corrected chi connectivity index (χ0v) is 20.4. The summed E-state index contributed by atoms with van der Waals surface area (Å²) >= 11 is 1.55. The highest BCUT2D eigenvalue weighted by molar-refractivity contribution is 7.07. The van der Waals surface area contributed by atoms with E-state index in [1.54, 1.807) is 35.7 Å². The molecule has 176 valence electrons. The Hall–Kier alpha value is -3.72. The van der Waals surface area contributed by atoms with E-state index in [2.05, 4.69) is 20.3 Å². The first kappa shape index (κ1) is 23.4. The fourth-order valence-electron chi connectivity index (χ4n) is 3.41. The minimum absolute atomic E-state index is 0.00547. The van der Waals surface area contributed by atoms with Crippen LogP contribution in [0.3, 0.4) is 0 Å². The molecule has 34 heavy (non-hydrogen) atoms. The summed E-state index contributed by atoms with van der Waals surface area (Å²) in [5, 5.41) is 6.15. The van der Waals surface area contributed by atoms with E-state index in [4.69, 9.17) is 9.47 Å². The first-order valence-electron chi connectivity index (χ1n) is 10.9. The number of nitrogens with one attached hydrogen (secondary N) is 1. The number of aromatic nitrogens is 3. The van der Waals surface area contributed by atoms with Gasteiger partial charge < -0.3 is 19.7 Å². The van der Waals surface area contributed by atoms with Crippen LogP contribution in [0.2, 0.25) is 0 Å². The number of thiazole rings is 1. The third-order valence-corrected chi connectivity index (χ3v) is 6.19. The topological polar surface area (TPSA) is 89.5 Å². The number of anilines is 2. The van der Waals surface area contributed by atoms with Crippen molar-refractivity contribution in [2.75, 3.05) is 19.0 Å². The number of amides is 1. The van der Waals surface area contributed by atoms with E-state index in [-0.39, 0.29) is 11.9 Å². The number of rotatable bonds is 9. The molecule has 4 rings (SSSR count). The van der Waals surface area contributed by atoms with E-state index in [0.717, 1.165) is 33.6 Å². The number of aryl methyl sites for hydroxylation is 1. The van der Waals surface area contributed by atoms with Gasteiger partial charge in [-0.05, 0) is 49.7 Å². The maximum Gasteiger partial charge on any atom is 0.219 e. The predicted octanol–water partition coefficient (Wildman–Crippen LogP) is 4.96. The number of carbonyl (C=O) groups is 1. The molecule has 0 unspecified atom stereocenters. The molecule has 8 nitrogen and oxygen atoms in total. The van der Waals surface area contributed by atoms with Crippen LogP contribution in [-0.2, 0) is 11.4 Å². The van der Waals surface area contributed by atoms with Crippen molar-refractivity contribution in [1.82, 2.24) is 19.9 Å².